The topological polar surface area (TPSA) is 67.9 Å². The number of fused-ring (bicyclic) bond motifs is 2. The molecule has 5 rings (SSSR count). The third kappa shape index (κ3) is 2.94. The van der Waals surface area contributed by atoms with Gasteiger partial charge in [0.1, 0.15) is 11.9 Å². The van der Waals surface area contributed by atoms with Crippen LogP contribution in [-0.4, -0.2) is 16.8 Å². The Kier molecular flexibility index (Phi) is 4.31. The summed E-state index contributed by atoms with van der Waals surface area (Å²) >= 11 is 0. The molecule has 2 atom stereocenters. The molecule has 0 aliphatic carbocycles. The molecule has 2 aliphatic rings. The third-order valence-corrected chi connectivity index (χ3v) is 5.87. The first-order chi connectivity index (χ1) is 14.6. The van der Waals surface area contributed by atoms with Crippen LogP contribution in [0.15, 0.2) is 83.9 Å². The van der Waals surface area contributed by atoms with Crippen LogP contribution in [0.3, 0.4) is 0 Å². The number of benzene rings is 3. The van der Waals surface area contributed by atoms with Gasteiger partial charge in [0.2, 0.25) is 0 Å². The van der Waals surface area contributed by atoms with Crippen molar-refractivity contribution < 1.29 is 9.53 Å². The van der Waals surface area contributed by atoms with Gasteiger partial charge in [-0.2, -0.15) is 0 Å². The van der Waals surface area contributed by atoms with Gasteiger partial charge in [0, 0.05) is 12.0 Å². The smallest absolute Gasteiger partial charge is 0.262 e. The number of aryl methyl sites for hydroxylation is 1. The zero-order valence-electron chi connectivity index (χ0n) is 16.8. The number of amides is 1. The molecule has 2 N–H and O–H groups in total. The molecular formula is C25H23N3O2. The summed E-state index contributed by atoms with van der Waals surface area (Å²) in [6, 6.07) is 25.7. The van der Waals surface area contributed by atoms with Crippen LogP contribution in [0.4, 0.5) is 0 Å². The monoisotopic (exact) mass is 397 g/mol. The molecule has 3 aromatic carbocycles. The van der Waals surface area contributed by atoms with Gasteiger partial charge in [0.05, 0.1) is 6.54 Å². The lowest BCUT2D eigenvalue weighted by molar-refractivity contribution is -0.133. The fourth-order valence-corrected chi connectivity index (χ4v) is 4.35. The minimum Gasteiger partial charge on any atom is -0.485 e. The highest BCUT2D eigenvalue weighted by molar-refractivity contribution is 6.07. The second-order valence-corrected chi connectivity index (χ2v) is 7.93. The maximum atomic E-state index is 13.8. The second kappa shape index (κ2) is 7.02. The van der Waals surface area contributed by atoms with Crippen LogP contribution in [0.2, 0.25) is 0 Å². The predicted molar refractivity (Wildman–Crippen MR) is 116 cm³/mol. The lowest BCUT2D eigenvalue weighted by Crippen LogP contribution is -2.45. The van der Waals surface area contributed by atoms with E-state index >= 15 is 0 Å². The lowest BCUT2D eigenvalue weighted by atomic mass is 9.79. The van der Waals surface area contributed by atoms with Gasteiger partial charge >= 0.3 is 0 Å². The molecule has 30 heavy (non-hydrogen) atoms. The summed E-state index contributed by atoms with van der Waals surface area (Å²) in [6.45, 7) is 2.40. The van der Waals surface area contributed by atoms with Crippen molar-refractivity contribution in [3.05, 3.63) is 101 Å². The minimum atomic E-state index is -1.07. The first-order valence-electron chi connectivity index (χ1n) is 10.1. The van der Waals surface area contributed by atoms with Gasteiger partial charge in [0.25, 0.3) is 5.91 Å². The first-order valence-corrected chi connectivity index (χ1v) is 10.1. The molecule has 0 aromatic heterocycles. The number of ether oxygens (including phenoxy) is 1. The van der Waals surface area contributed by atoms with Crippen LogP contribution < -0.4 is 10.5 Å². The van der Waals surface area contributed by atoms with E-state index in [1.807, 2.05) is 85.8 Å². The highest BCUT2D eigenvalue weighted by atomic mass is 16.5. The molecule has 5 heteroatoms. The van der Waals surface area contributed by atoms with E-state index in [-0.39, 0.29) is 18.0 Å². The lowest BCUT2D eigenvalue weighted by Gasteiger charge is -2.37. The number of hydrogen-bond donors (Lipinski definition) is 1. The SMILES string of the molecule is Cc1ccc2c(c1)C1(CC(c3ccccc3)O2)N=C(N)N(Cc2ccccc2)C1=O. The Morgan fingerprint density at radius 3 is 2.50 bits per heavy atom. The van der Waals surface area contributed by atoms with E-state index in [0.29, 0.717) is 18.7 Å². The predicted octanol–water partition coefficient (Wildman–Crippen LogP) is 4.07. The summed E-state index contributed by atoms with van der Waals surface area (Å²) in [4.78, 5) is 20.2. The van der Waals surface area contributed by atoms with Gasteiger partial charge in [-0.05, 0) is 30.2 Å². The van der Waals surface area contributed by atoms with Crippen molar-refractivity contribution in [2.75, 3.05) is 0 Å². The largest absolute Gasteiger partial charge is 0.485 e. The maximum Gasteiger partial charge on any atom is 0.262 e. The van der Waals surface area contributed by atoms with E-state index in [4.69, 9.17) is 15.5 Å². The van der Waals surface area contributed by atoms with Crippen LogP contribution in [0.5, 0.6) is 5.75 Å². The second-order valence-electron chi connectivity index (χ2n) is 7.93. The standard InChI is InChI=1S/C25H23N3O2/c1-17-12-13-21-20(14-17)25(15-22(30-21)19-10-6-3-7-11-19)23(29)28(24(26)27-25)16-18-8-4-2-5-9-18/h2-14,22H,15-16H2,1H3,(H2,26,27). The zero-order valence-corrected chi connectivity index (χ0v) is 16.8. The summed E-state index contributed by atoms with van der Waals surface area (Å²) < 4.78 is 6.32. The summed E-state index contributed by atoms with van der Waals surface area (Å²) in [5.74, 6) is 0.845. The molecule has 2 aliphatic heterocycles. The van der Waals surface area contributed by atoms with Gasteiger partial charge in [0.15, 0.2) is 11.5 Å². The van der Waals surface area contributed by atoms with Crippen LogP contribution in [-0.2, 0) is 16.9 Å². The average molecular weight is 397 g/mol. The Labute approximate surface area is 175 Å². The molecule has 0 fully saturated rings. The number of aliphatic imine (C=N–C) groups is 1. The Morgan fingerprint density at radius 2 is 1.77 bits per heavy atom. The summed E-state index contributed by atoms with van der Waals surface area (Å²) in [6.07, 6.45) is 0.136. The van der Waals surface area contributed by atoms with Gasteiger partial charge in [-0.3, -0.25) is 9.69 Å². The number of nitrogens with two attached hydrogens (primary N) is 1. The van der Waals surface area contributed by atoms with Crippen molar-refractivity contribution in [2.45, 2.75) is 31.5 Å². The van der Waals surface area contributed by atoms with Crippen LogP contribution in [0.1, 0.15) is 34.8 Å². The zero-order chi connectivity index (χ0) is 20.7. The molecule has 1 spiro atoms. The van der Waals surface area contributed by atoms with Crippen LogP contribution >= 0.6 is 0 Å². The number of hydrogen-bond acceptors (Lipinski definition) is 4. The molecule has 150 valence electrons. The Hall–Kier alpha value is -3.60. The molecular weight excluding hydrogens is 374 g/mol. The molecule has 0 radical (unpaired) electrons. The fraction of sp³-hybridized carbons (Fsp3) is 0.200. The van der Waals surface area contributed by atoms with Crippen LogP contribution in [0, 0.1) is 6.92 Å². The highest BCUT2D eigenvalue weighted by Crippen LogP contribution is 2.50. The molecule has 3 aromatic rings. The molecule has 0 saturated heterocycles. The first kappa shape index (κ1) is 18.4. The van der Waals surface area contributed by atoms with Crippen molar-refractivity contribution >= 4 is 11.9 Å². The van der Waals surface area contributed by atoms with Gasteiger partial charge in [-0.1, -0.05) is 72.3 Å². The molecule has 2 heterocycles. The van der Waals surface area contributed by atoms with E-state index < -0.39 is 5.54 Å². The van der Waals surface area contributed by atoms with Crippen LogP contribution in [0.25, 0.3) is 0 Å². The average Bonchev–Trinajstić information content (AvgIpc) is 3.00. The minimum absolute atomic E-state index is 0.0973. The van der Waals surface area contributed by atoms with E-state index in [1.54, 1.807) is 4.90 Å². The van der Waals surface area contributed by atoms with Crippen molar-refractivity contribution in [3.63, 3.8) is 0 Å². The summed E-state index contributed by atoms with van der Waals surface area (Å²) in [7, 11) is 0. The number of carbonyl (C=O) groups is 1. The Morgan fingerprint density at radius 1 is 1.07 bits per heavy atom. The van der Waals surface area contributed by atoms with Crippen molar-refractivity contribution in [1.82, 2.24) is 4.90 Å². The molecule has 5 nitrogen and oxygen atoms in total. The van der Waals surface area contributed by atoms with Gasteiger partial charge in [-0.25, -0.2) is 4.99 Å². The molecule has 1 amide bonds. The maximum absolute atomic E-state index is 13.8. The number of guanidine groups is 1. The number of carbonyl (C=O) groups excluding carboxylic acids is 1. The normalized spacial score (nSPS) is 22.6. The Bertz CT molecular complexity index is 1130. The van der Waals surface area contributed by atoms with Gasteiger partial charge in [-0.15, -0.1) is 0 Å². The van der Waals surface area contributed by atoms with E-state index in [9.17, 15) is 4.79 Å². The van der Waals surface area contributed by atoms with Crippen molar-refractivity contribution in [3.8, 4) is 5.75 Å². The van der Waals surface area contributed by atoms with Crippen molar-refractivity contribution in [1.29, 1.82) is 0 Å². The molecule has 2 unspecified atom stereocenters. The molecule has 0 bridgehead atoms. The fourth-order valence-electron chi connectivity index (χ4n) is 4.35. The third-order valence-electron chi connectivity index (χ3n) is 5.87. The molecule has 0 saturated carbocycles. The van der Waals surface area contributed by atoms with Gasteiger partial charge < -0.3 is 10.5 Å². The highest BCUT2D eigenvalue weighted by Gasteiger charge is 2.54. The summed E-state index contributed by atoms with van der Waals surface area (Å²) in [5, 5.41) is 0. The quantitative estimate of drug-likeness (QED) is 0.724. The Balaban J connectivity index is 1.59. The van der Waals surface area contributed by atoms with Crippen molar-refractivity contribution in [2.24, 2.45) is 10.7 Å². The van der Waals surface area contributed by atoms with E-state index in [0.717, 1.165) is 22.3 Å². The van der Waals surface area contributed by atoms with E-state index in [1.165, 1.54) is 0 Å². The number of rotatable bonds is 3. The summed E-state index contributed by atoms with van der Waals surface area (Å²) in [5.41, 5.74) is 9.12. The number of nitrogens with zero attached hydrogens (tertiary/aromatic N) is 2. The van der Waals surface area contributed by atoms with E-state index in [2.05, 4.69) is 0 Å².